The first-order valence-corrected chi connectivity index (χ1v) is 20.9. The molecule has 14 heteroatoms. The van der Waals surface area contributed by atoms with Gasteiger partial charge in [0, 0.05) is 31.1 Å². The van der Waals surface area contributed by atoms with Crippen molar-refractivity contribution in [3.05, 3.63) is 90.3 Å². The summed E-state index contributed by atoms with van der Waals surface area (Å²) in [6.45, 7) is 2.04. The number of nitrogens with one attached hydrogen (secondary N) is 1. The van der Waals surface area contributed by atoms with Gasteiger partial charge >= 0.3 is 0 Å². The van der Waals surface area contributed by atoms with Crippen molar-refractivity contribution in [3.8, 4) is 28.5 Å². The Hall–Kier alpha value is -6.15. The highest BCUT2D eigenvalue weighted by molar-refractivity contribution is 6.23. The fourth-order valence-electron chi connectivity index (χ4n) is 9.96. The first-order chi connectivity index (χ1) is 28.8. The van der Waals surface area contributed by atoms with Crippen LogP contribution in [0.25, 0.3) is 22.3 Å². The molecule has 302 valence electrons. The number of hydrogen-bond acceptors (Lipinski definition) is 11. The Morgan fingerprint density at radius 3 is 2.17 bits per heavy atom. The minimum atomic E-state index is -0.984. The number of benzene rings is 3. The van der Waals surface area contributed by atoms with E-state index in [0.717, 1.165) is 96.2 Å². The van der Waals surface area contributed by atoms with Crippen LogP contribution in [-0.4, -0.2) is 84.5 Å². The van der Waals surface area contributed by atoms with Gasteiger partial charge in [-0.3, -0.25) is 29.4 Å². The van der Waals surface area contributed by atoms with Gasteiger partial charge in [-0.1, -0.05) is 18.2 Å². The van der Waals surface area contributed by atoms with E-state index in [-0.39, 0.29) is 36.1 Å². The third-order valence-corrected chi connectivity index (χ3v) is 13.2. The van der Waals surface area contributed by atoms with E-state index >= 15 is 0 Å². The number of ether oxygens (including phenoxy) is 2. The van der Waals surface area contributed by atoms with Gasteiger partial charge in [0.15, 0.2) is 5.65 Å². The number of nitrogen functional groups attached to an aromatic ring is 1. The maximum atomic E-state index is 13.3. The lowest BCUT2D eigenvalue weighted by Gasteiger charge is -2.49. The average Bonchev–Trinajstić information content (AvgIpc) is 3.74. The Balaban J connectivity index is 0.711. The molecule has 5 aromatic rings. The summed E-state index contributed by atoms with van der Waals surface area (Å²) in [6, 6.07) is 22.5. The van der Waals surface area contributed by atoms with Gasteiger partial charge in [0.1, 0.15) is 41.1 Å². The quantitative estimate of drug-likeness (QED) is 0.160. The minimum absolute atomic E-state index is 0.0465. The fraction of sp³-hybridized carbons (Fsp3) is 0.400. The number of nitrogens with two attached hydrogens (primary N) is 1. The van der Waals surface area contributed by atoms with E-state index in [4.69, 9.17) is 20.3 Å². The number of carbonyl (C=O) groups excluding carboxylic acids is 4. The second kappa shape index (κ2) is 15.2. The number of carbonyl (C=O) groups is 4. The van der Waals surface area contributed by atoms with Crippen molar-refractivity contribution >= 4 is 40.5 Å². The van der Waals surface area contributed by atoms with Crippen LogP contribution in [0.5, 0.6) is 17.2 Å². The highest BCUT2D eigenvalue weighted by Crippen LogP contribution is 2.45. The Bertz CT molecular complexity index is 2430. The fourth-order valence-corrected chi connectivity index (χ4v) is 9.96. The van der Waals surface area contributed by atoms with Gasteiger partial charge in [-0.25, -0.2) is 14.6 Å². The van der Waals surface area contributed by atoms with Crippen molar-refractivity contribution in [2.45, 2.75) is 88.4 Å². The molecule has 3 aliphatic heterocycles. The van der Waals surface area contributed by atoms with Crippen LogP contribution in [0, 0.1) is 11.8 Å². The molecule has 2 saturated heterocycles. The first kappa shape index (κ1) is 37.1. The van der Waals surface area contributed by atoms with Crippen molar-refractivity contribution in [1.29, 1.82) is 0 Å². The Morgan fingerprint density at radius 2 is 1.42 bits per heavy atom. The van der Waals surface area contributed by atoms with Gasteiger partial charge in [0.2, 0.25) is 11.8 Å². The van der Waals surface area contributed by atoms with E-state index in [9.17, 15) is 19.2 Å². The average molecular weight is 795 g/mol. The van der Waals surface area contributed by atoms with Crippen LogP contribution >= 0.6 is 0 Å². The number of fused-ring (bicyclic) bond motifs is 2. The maximum absolute atomic E-state index is 13.3. The molecule has 3 N–H and O–H groups in total. The lowest BCUT2D eigenvalue weighted by atomic mass is 9.66. The highest BCUT2D eigenvalue weighted by atomic mass is 16.5. The third kappa shape index (κ3) is 6.98. The van der Waals surface area contributed by atoms with Crippen LogP contribution < -0.4 is 20.5 Å². The number of anilines is 1. The summed E-state index contributed by atoms with van der Waals surface area (Å²) >= 11 is 0. The Labute approximate surface area is 341 Å². The van der Waals surface area contributed by atoms with Gasteiger partial charge in [-0.2, -0.15) is 5.10 Å². The summed E-state index contributed by atoms with van der Waals surface area (Å²) < 4.78 is 14.5. The Kier molecular flexibility index (Phi) is 9.58. The van der Waals surface area contributed by atoms with Gasteiger partial charge in [-0.05, 0) is 124 Å². The van der Waals surface area contributed by atoms with Gasteiger partial charge in [0.05, 0.1) is 28.7 Å². The molecule has 4 fully saturated rings. The number of para-hydroxylation sites is 1. The number of likely N-dealkylation sites (tertiary alicyclic amines) is 1. The molecule has 0 bridgehead atoms. The summed E-state index contributed by atoms with van der Waals surface area (Å²) in [5.41, 5.74) is 9.44. The van der Waals surface area contributed by atoms with Crippen molar-refractivity contribution < 1.29 is 28.7 Å². The van der Waals surface area contributed by atoms with Gasteiger partial charge in [0.25, 0.3) is 11.8 Å². The number of rotatable bonds is 9. The number of aromatic nitrogens is 4. The van der Waals surface area contributed by atoms with Crippen LogP contribution in [0.15, 0.2) is 79.1 Å². The number of hydrogen-bond donors (Lipinski definition) is 2. The molecule has 2 aromatic heterocycles. The van der Waals surface area contributed by atoms with Crippen LogP contribution in [-0.2, 0) is 9.59 Å². The van der Waals surface area contributed by atoms with Gasteiger partial charge < -0.3 is 20.1 Å². The summed E-state index contributed by atoms with van der Waals surface area (Å²) in [7, 11) is 0. The zero-order valence-corrected chi connectivity index (χ0v) is 32.7. The largest absolute Gasteiger partial charge is 0.490 e. The summed E-state index contributed by atoms with van der Waals surface area (Å²) in [5.74, 6) is 1.88. The van der Waals surface area contributed by atoms with Crippen LogP contribution in [0.3, 0.4) is 0 Å². The first-order valence-electron chi connectivity index (χ1n) is 20.9. The van der Waals surface area contributed by atoms with E-state index in [1.54, 1.807) is 18.2 Å². The predicted molar refractivity (Wildman–Crippen MR) is 218 cm³/mol. The minimum Gasteiger partial charge on any atom is -0.490 e. The van der Waals surface area contributed by atoms with E-state index < -0.39 is 29.7 Å². The molecule has 5 heterocycles. The SMILES string of the molecule is Nc1ncnc2c1c(-c1ccc(Oc3ccccc3)cc1)nn2C1CCN(C2CC(C3CCC(Oc4ccc5c(c4)C(=O)N(C4CCC(=O)NC4=O)C5=O)CC3)C2)CC1. The van der Waals surface area contributed by atoms with E-state index in [0.29, 0.717) is 23.5 Å². The number of imide groups is 2. The van der Waals surface area contributed by atoms with E-state index in [1.807, 2.05) is 54.6 Å². The molecule has 2 saturated carbocycles. The van der Waals surface area contributed by atoms with E-state index in [2.05, 4.69) is 24.9 Å². The third-order valence-electron chi connectivity index (χ3n) is 13.2. The zero-order chi connectivity index (χ0) is 40.2. The molecule has 5 aliphatic rings. The molecule has 0 spiro atoms. The second-order valence-corrected chi connectivity index (χ2v) is 16.7. The van der Waals surface area contributed by atoms with Crippen LogP contribution in [0.4, 0.5) is 5.82 Å². The molecular formula is C45H46N8O6. The van der Waals surface area contributed by atoms with Crippen molar-refractivity contribution in [3.63, 3.8) is 0 Å². The van der Waals surface area contributed by atoms with Gasteiger partial charge in [-0.15, -0.1) is 0 Å². The molecule has 10 rings (SSSR count). The topological polar surface area (TPSA) is 175 Å². The Morgan fingerprint density at radius 1 is 0.712 bits per heavy atom. The smallest absolute Gasteiger partial charge is 0.262 e. The maximum Gasteiger partial charge on any atom is 0.262 e. The summed E-state index contributed by atoms with van der Waals surface area (Å²) in [5, 5.41) is 8.15. The zero-order valence-electron chi connectivity index (χ0n) is 32.7. The molecule has 4 amide bonds. The van der Waals surface area contributed by atoms with E-state index in [1.165, 1.54) is 19.2 Å². The summed E-state index contributed by atoms with van der Waals surface area (Å²) in [4.78, 5) is 63.1. The van der Waals surface area contributed by atoms with Crippen molar-refractivity contribution in [2.75, 3.05) is 18.8 Å². The molecule has 1 atom stereocenters. The number of amides is 4. The molecule has 2 aliphatic carbocycles. The predicted octanol–water partition coefficient (Wildman–Crippen LogP) is 6.32. The van der Waals surface area contributed by atoms with Crippen LogP contribution in [0.2, 0.25) is 0 Å². The monoisotopic (exact) mass is 794 g/mol. The lowest BCUT2D eigenvalue weighted by Crippen LogP contribution is -2.54. The molecule has 0 radical (unpaired) electrons. The molecule has 1 unspecified atom stereocenters. The van der Waals surface area contributed by atoms with Crippen molar-refractivity contribution in [2.24, 2.45) is 11.8 Å². The number of nitrogens with zero attached hydrogens (tertiary/aromatic N) is 6. The summed E-state index contributed by atoms with van der Waals surface area (Å²) in [6.07, 6.45) is 10.3. The normalized spacial score (nSPS) is 25.2. The standard InChI is InChI=1S/C45H46N8O6/c46-41-39-40(27-8-12-32(13-9-27)58-31-4-2-1-3-5-31)50-53(42(39)48-25-47-41)29-18-20-51(21-19-29)30-22-28(23-30)26-6-10-33(11-7-26)59-34-14-15-35-36(24-34)45(57)52(44(35)56)37-16-17-38(54)49-43(37)55/h1-5,8-9,12-15,24-26,28-30,33,37H,6-7,10-11,16-23H2,(H2,46,47,48)(H,49,54,55). The van der Waals surface area contributed by atoms with Crippen LogP contribution in [0.1, 0.15) is 91.0 Å². The molecule has 59 heavy (non-hydrogen) atoms. The second-order valence-electron chi connectivity index (χ2n) is 16.7. The highest BCUT2D eigenvalue weighted by Gasteiger charge is 2.45. The number of piperidine rings is 2. The molecule has 14 nitrogen and oxygen atoms in total. The lowest BCUT2D eigenvalue weighted by molar-refractivity contribution is -0.136. The molecular weight excluding hydrogens is 749 g/mol. The molecule has 3 aromatic carbocycles. The van der Waals surface area contributed by atoms with Crippen molar-refractivity contribution in [1.82, 2.24) is 34.9 Å².